The molecule has 0 saturated carbocycles. The lowest BCUT2D eigenvalue weighted by Crippen LogP contribution is -2.62. The number of esters is 1. The summed E-state index contributed by atoms with van der Waals surface area (Å²) >= 11 is 0. The van der Waals surface area contributed by atoms with Crippen LogP contribution < -0.4 is 4.90 Å². The molecule has 2 aromatic rings. The normalized spacial score (nSPS) is 16.1. The minimum absolute atomic E-state index is 0.0558. The third-order valence-electron chi connectivity index (χ3n) is 6.08. The monoisotopic (exact) mass is 408 g/mol. The highest BCUT2D eigenvalue weighted by molar-refractivity contribution is 6.02. The van der Waals surface area contributed by atoms with Crippen LogP contribution in [0.2, 0.25) is 0 Å². The number of carbonyl (C=O) groups excluding carboxylic acids is 2. The zero-order valence-corrected chi connectivity index (χ0v) is 18.3. The number of likely N-dealkylation sites (tertiary alicyclic amines) is 1. The van der Waals surface area contributed by atoms with Gasteiger partial charge in [0, 0.05) is 31.7 Å². The smallest absolute Gasteiger partial charge is 0.332 e. The first-order valence-corrected chi connectivity index (χ1v) is 10.7. The van der Waals surface area contributed by atoms with Gasteiger partial charge in [0.1, 0.15) is 5.54 Å². The maximum atomic E-state index is 13.0. The number of aryl methyl sites for hydroxylation is 1. The van der Waals surface area contributed by atoms with Crippen LogP contribution in [-0.4, -0.2) is 49.1 Å². The quantitative estimate of drug-likeness (QED) is 0.650. The van der Waals surface area contributed by atoms with E-state index in [-0.39, 0.29) is 11.9 Å². The topological polar surface area (TPSA) is 49.9 Å². The van der Waals surface area contributed by atoms with Gasteiger partial charge >= 0.3 is 5.97 Å². The van der Waals surface area contributed by atoms with Gasteiger partial charge in [-0.2, -0.15) is 0 Å². The summed E-state index contributed by atoms with van der Waals surface area (Å²) in [5, 5.41) is 0. The van der Waals surface area contributed by atoms with E-state index in [1.54, 1.807) is 4.90 Å². The Morgan fingerprint density at radius 2 is 1.67 bits per heavy atom. The number of ether oxygens (including phenoxy) is 1. The zero-order chi connectivity index (χ0) is 21.6. The Balaban J connectivity index is 1.77. The van der Waals surface area contributed by atoms with Crippen LogP contribution in [0.5, 0.6) is 0 Å². The molecule has 2 aromatic carbocycles. The lowest BCUT2D eigenvalue weighted by atomic mass is 9.84. The van der Waals surface area contributed by atoms with Crippen molar-refractivity contribution in [1.29, 1.82) is 0 Å². The van der Waals surface area contributed by atoms with Gasteiger partial charge in [-0.25, -0.2) is 4.79 Å². The van der Waals surface area contributed by atoms with Gasteiger partial charge in [0.05, 0.1) is 7.11 Å². The number of benzene rings is 2. The zero-order valence-electron chi connectivity index (χ0n) is 18.3. The molecular formula is C25H32N2O3. The minimum Gasteiger partial charge on any atom is -0.467 e. The fourth-order valence-electron chi connectivity index (χ4n) is 4.26. The average Bonchev–Trinajstić information content (AvgIpc) is 2.79. The molecule has 1 fully saturated rings. The molecule has 0 atom stereocenters. The fraction of sp³-hybridized carbons (Fsp3) is 0.440. The van der Waals surface area contributed by atoms with Gasteiger partial charge in [0.2, 0.25) is 5.91 Å². The summed E-state index contributed by atoms with van der Waals surface area (Å²) in [5.41, 5.74) is 2.38. The number of anilines is 1. The van der Waals surface area contributed by atoms with Crippen molar-refractivity contribution in [1.82, 2.24) is 4.90 Å². The van der Waals surface area contributed by atoms with Gasteiger partial charge in [-0.05, 0) is 43.9 Å². The number of nitrogens with zero attached hydrogens (tertiary/aromatic N) is 2. The Kier molecular flexibility index (Phi) is 7.27. The first kappa shape index (κ1) is 22.0. The average molecular weight is 409 g/mol. The van der Waals surface area contributed by atoms with Gasteiger partial charge in [-0.3, -0.25) is 9.69 Å². The number of amides is 1. The molecule has 30 heavy (non-hydrogen) atoms. The third kappa shape index (κ3) is 4.73. The lowest BCUT2D eigenvalue weighted by molar-refractivity contribution is -0.151. The molecule has 1 heterocycles. The molecule has 0 aromatic heterocycles. The van der Waals surface area contributed by atoms with E-state index in [2.05, 4.69) is 36.1 Å². The van der Waals surface area contributed by atoms with Crippen molar-refractivity contribution in [2.45, 2.75) is 45.1 Å². The largest absolute Gasteiger partial charge is 0.467 e. The molecule has 5 nitrogen and oxygen atoms in total. The summed E-state index contributed by atoms with van der Waals surface area (Å²) in [4.78, 5) is 30.0. The van der Waals surface area contributed by atoms with E-state index >= 15 is 0 Å². The van der Waals surface area contributed by atoms with Gasteiger partial charge in [0.25, 0.3) is 0 Å². The number of rotatable bonds is 7. The summed E-state index contributed by atoms with van der Waals surface area (Å²) in [6.45, 7) is 6.37. The first-order chi connectivity index (χ1) is 14.5. The van der Waals surface area contributed by atoms with Crippen molar-refractivity contribution in [3.05, 3.63) is 65.7 Å². The molecular weight excluding hydrogens is 376 g/mol. The maximum absolute atomic E-state index is 13.0. The third-order valence-corrected chi connectivity index (χ3v) is 6.08. The predicted molar refractivity (Wildman–Crippen MR) is 120 cm³/mol. The second-order valence-electron chi connectivity index (χ2n) is 8.02. The summed E-state index contributed by atoms with van der Waals surface area (Å²) in [6.07, 6.45) is 2.44. The van der Waals surface area contributed by atoms with Crippen LogP contribution in [0.1, 0.15) is 37.3 Å². The van der Waals surface area contributed by atoms with E-state index in [1.807, 2.05) is 37.3 Å². The van der Waals surface area contributed by atoms with Crippen LogP contribution in [-0.2, 0) is 20.7 Å². The number of hydrogen-bond donors (Lipinski definition) is 0. The van der Waals surface area contributed by atoms with E-state index in [0.717, 1.165) is 31.7 Å². The van der Waals surface area contributed by atoms with Crippen molar-refractivity contribution in [3.63, 3.8) is 0 Å². The SMILES string of the molecule is CCC(=O)N(c1ccccc1)C1(C(=O)OC)CCN(CCc2ccc(C)cc2)CC1. The summed E-state index contributed by atoms with van der Waals surface area (Å²) in [7, 11) is 1.41. The molecule has 0 radical (unpaired) electrons. The molecule has 1 aliphatic rings. The summed E-state index contributed by atoms with van der Waals surface area (Å²) in [5.74, 6) is -0.383. The van der Waals surface area contributed by atoms with E-state index in [9.17, 15) is 9.59 Å². The number of methoxy groups -OCH3 is 1. The van der Waals surface area contributed by atoms with Gasteiger partial charge < -0.3 is 9.64 Å². The van der Waals surface area contributed by atoms with Crippen LogP contribution in [0, 0.1) is 6.92 Å². The second-order valence-corrected chi connectivity index (χ2v) is 8.02. The van der Waals surface area contributed by atoms with Crippen LogP contribution in [0.15, 0.2) is 54.6 Å². The lowest BCUT2D eigenvalue weighted by Gasteiger charge is -2.46. The standard InChI is InChI=1S/C25H32N2O3/c1-4-23(28)27(22-8-6-5-7-9-22)25(24(29)30-3)15-18-26(19-16-25)17-14-21-12-10-20(2)11-13-21/h5-13H,4,14-19H2,1-3H3. The molecule has 5 heteroatoms. The molecule has 1 aliphatic heterocycles. The van der Waals surface area contributed by atoms with E-state index < -0.39 is 5.54 Å². The summed E-state index contributed by atoms with van der Waals surface area (Å²) < 4.78 is 5.21. The summed E-state index contributed by atoms with van der Waals surface area (Å²) in [6, 6.07) is 18.1. The van der Waals surface area contributed by atoms with Crippen LogP contribution >= 0.6 is 0 Å². The number of piperidine rings is 1. The first-order valence-electron chi connectivity index (χ1n) is 10.7. The number of carbonyl (C=O) groups is 2. The van der Waals surface area contributed by atoms with Crippen LogP contribution in [0.4, 0.5) is 5.69 Å². The predicted octanol–water partition coefficient (Wildman–Crippen LogP) is 3.99. The van der Waals surface area contributed by atoms with Crippen molar-refractivity contribution < 1.29 is 14.3 Å². The van der Waals surface area contributed by atoms with Gasteiger partial charge in [-0.15, -0.1) is 0 Å². The van der Waals surface area contributed by atoms with Gasteiger partial charge in [-0.1, -0.05) is 55.0 Å². The molecule has 0 spiro atoms. The van der Waals surface area contributed by atoms with Crippen molar-refractivity contribution >= 4 is 17.6 Å². The Labute approximate surface area is 179 Å². The van der Waals surface area contributed by atoms with Crippen LogP contribution in [0.25, 0.3) is 0 Å². The Hall–Kier alpha value is -2.66. The van der Waals surface area contributed by atoms with Crippen molar-refractivity contribution in [3.8, 4) is 0 Å². The molecule has 3 rings (SSSR count). The molecule has 160 valence electrons. The van der Waals surface area contributed by atoms with Crippen molar-refractivity contribution in [2.75, 3.05) is 31.6 Å². The van der Waals surface area contributed by atoms with Crippen molar-refractivity contribution in [2.24, 2.45) is 0 Å². The molecule has 0 N–H and O–H groups in total. The minimum atomic E-state index is -0.955. The Morgan fingerprint density at radius 1 is 1.03 bits per heavy atom. The second kappa shape index (κ2) is 9.90. The van der Waals surface area contributed by atoms with E-state index in [0.29, 0.717) is 19.3 Å². The van der Waals surface area contributed by atoms with E-state index in [4.69, 9.17) is 4.74 Å². The highest BCUT2D eigenvalue weighted by Gasteiger charge is 2.49. The molecule has 0 aliphatic carbocycles. The maximum Gasteiger partial charge on any atom is 0.332 e. The molecule has 0 unspecified atom stereocenters. The highest BCUT2D eigenvalue weighted by atomic mass is 16.5. The molecule has 0 bridgehead atoms. The molecule has 1 amide bonds. The van der Waals surface area contributed by atoms with Crippen LogP contribution in [0.3, 0.4) is 0 Å². The Bertz CT molecular complexity index is 840. The number of hydrogen-bond acceptors (Lipinski definition) is 4. The van der Waals surface area contributed by atoms with E-state index in [1.165, 1.54) is 18.2 Å². The highest BCUT2D eigenvalue weighted by Crippen LogP contribution is 2.35. The fourth-order valence-corrected chi connectivity index (χ4v) is 4.26. The molecule has 1 saturated heterocycles. The van der Waals surface area contributed by atoms with Gasteiger partial charge in [0.15, 0.2) is 0 Å². The number of para-hydroxylation sites is 1. The Morgan fingerprint density at radius 3 is 2.23 bits per heavy atom.